The summed E-state index contributed by atoms with van der Waals surface area (Å²) >= 11 is 6.46. The minimum Gasteiger partial charge on any atom is -0.471 e. The van der Waals surface area contributed by atoms with Crippen molar-refractivity contribution >= 4 is 52.6 Å². The van der Waals surface area contributed by atoms with Gasteiger partial charge >= 0.3 is 6.01 Å². The molecule has 12 nitrogen and oxygen atoms in total. The molecule has 3 aromatic rings. The summed E-state index contributed by atoms with van der Waals surface area (Å²) < 4.78 is 76.0. The van der Waals surface area contributed by atoms with Crippen LogP contribution in [0.2, 0.25) is 30.7 Å². The largest absolute Gasteiger partial charge is 0.471 e. The monoisotopic (exact) mass is 714 g/mol. The van der Waals surface area contributed by atoms with Crippen molar-refractivity contribution in [2.45, 2.75) is 63.4 Å². The lowest BCUT2D eigenvalue weighted by atomic mass is 10.1. The van der Waals surface area contributed by atoms with Crippen molar-refractivity contribution in [2.24, 2.45) is 4.36 Å². The van der Waals surface area contributed by atoms with Crippen LogP contribution in [0.15, 0.2) is 28.6 Å². The highest BCUT2D eigenvalue weighted by Crippen LogP contribution is 2.33. The average molecular weight is 715 g/mol. The number of halogens is 3. The van der Waals surface area contributed by atoms with E-state index in [0.717, 1.165) is 24.3 Å². The van der Waals surface area contributed by atoms with Crippen LogP contribution in [0.5, 0.6) is 11.9 Å². The van der Waals surface area contributed by atoms with Crippen LogP contribution >= 0.6 is 11.6 Å². The maximum Gasteiger partial charge on any atom is 0.301 e. The molecular weight excluding hydrogens is 678 g/mol. The molecule has 4 heterocycles. The summed E-state index contributed by atoms with van der Waals surface area (Å²) in [6, 6.07) is 4.65. The Morgan fingerprint density at radius 1 is 1.17 bits per heavy atom. The van der Waals surface area contributed by atoms with Gasteiger partial charge in [-0.2, -0.15) is 14.3 Å². The normalized spacial score (nSPS) is 21.5. The van der Waals surface area contributed by atoms with Crippen LogP contribution in [-0.2, 0) is 42.1 Å². The van der Waals surface area contributed by atoms with Gasteiger partial charge in [-0.05, 0) is 35.9 Å². The van der Waals surface area contributed by atoms with Crippen LogP contribution in [0.25, 0.3) is 17.2 Å². The van der Waals surface area contributed by atoms with Crippen LogP contribution in [0.4, 0.5) is 8.78 Å². The summed E-state index contributed by atoms with van der Waals surface area (Å²) in [6.45, 7) is 7.04. The number of aliphatic hydroxyl groups excluding tert-OH is 1. The molecule has 0 spiro atoms. The Labute approximate surface area is 277 Å². The Bertz CT molecular complexity index is 1780. The zero-order chi connectivity index (χ0) is 34.1. The molecule has 0 radical (unpaired) electrons. The van der Waals surface area contributed by atoms with E-state index in [0.29, 0.717) is 17.8 Å². The van der Waals surface area contributed by atoms with Crippen molar-refractivity contribution < 1.29 is 46.6 Å². The Kier molecular flexibility index (Phi) is 10.7. The number of nitrogens with zero attached hydrogens (tertiary/aromatic N) is 4. The maximum absolute atomic E-state index is 15.0. The highest BCUT2D eigenvalue weighted by atomic mass is 35.5. The summed E-state index contributed by atoms with van der Waals surface area (Å²) in [5.74, 6) is -2.73. The van der Waals surface area contributed by atoms with Gasteiger partial charge in [0.2, 0.25) is 5.88 Å². The Balaban J connectivity index is 1.37. The molecule has 17 heteroatoms. The number of ether oxygens (including phenoxy) is 5. The molecule has 1 N–H and O–H groups in total. The highest BCUT2D eigenvalue weighted by Gasteiger charge is 2.49. The first-order valence-corrected chi connectivity index (χ1v) is 21.2. The summed E-state index contributed by atoms with van der Waals surface area (Å²) in [7, 11) is -4.04. The number of pyridine rings is 1. The fourth-order valence-corrected chi connectivity index (χ4v) is 6.37. The molecule has 0 unspecified atom stereocenters. The van der Waals surface area contributed by atoms with E-state index in [1.54, 1.807) is 4.57 Å². The van der Waals surface area contributed by atoms with Crippen molar-refractivity contribution in [1.29, 1.82) is 0 Å². The fraction of sp³-hybridized carbons (Fsp3) is 0.500. The standard InChI is InChI=1S/C30H37ClF2N4O8SSi/c1-46(2,40)36-25(39)7-6-17-10-20(32)18(21(33)11-17)13-44-29-19(31)12-22-28(35-29)37(16-41-8-9-47(3,4)5)30(34-22)45-24-15-43-26-23(38)14-42-27(24)26/h6-7,10-12,23-24,26-27,38H,8-9,13-16H2,1-5H3/b7-6+/t23-,24-,26-,27-/m1/s1. The number of imidazole rings is 1. The molecule has 5 rings (SSSR count). The topological polar surface area (TPSA) is 144 Å². The molecule has 2 saturated heterocycles. The summed E-state index contributed by atoms with van der Waals surface area (Å²) in [6.07, 6.45) is 2.48. The van der Waals surface area contributed by atoms with E-state index in [2.05, 4.69) is 34.0 Å². The van der Waals surface area contributed by atoms with Crippen LogP contribution in [0, 0.1) is 11.6 Å². The number of carbonyl (C=O) groups is 1. The van der Waals surface area contributed by atoms with Crippen molar-refractivity contribution in [3.8, 4) is 11.9 Å². The maximum atomic E-state index is 15.0. The zero-order valence-corrected chi connectivity index (χ0v) is 29.1. The van der Waals surface area contributed by atoms with Gasteiger partial charge in [-0.1, -0.05) is 31.2 Å². The van der Waals surface area contributed by atoms with E-state index < -0.39 is 66.4 Å². The Hall–Kier alpha value is -2.99. The van der Waals surface area contributed by atoms with Gasteiger partial charge in [-0.15, -0.1) is 0 Å². The Morgan fingerprint density at radius 2 is 1.87 bits per heavy atom. The number of hydrogen-bond acceptors (Lipinski definition) is 10. The second-order valence-corrected chi connectivity index (χ2v) is 21.4. The minimum atomic E-state index is -2.67. The second-order valence-electron chi connectivity index (χ2n) is 12.8. The molecule has 2 fully saturated rings. The third kappa shape index (κ3) is 8.93. The number of aliphatic hydroxyl groups is 1. The third-order valence-corrected chi connectivity index (χ3v) is 9.90. The van der Waals surface area contributed by atoms with Gasteiger partial charge in [-0.3, -0.25) is 9.36 Å². The zero-order valence-electron chi connectivity index (χ0n) is 26.6. The van der Waals surface area contributed by atoms with Crippen molar-refractivity contribution in [1.82, 2.24) is 14.5 Å². The summed E-state index contributed by atoms with van der Waals surface area (Å²) in [5, 5.41) is 10.2. The van der Waals surface area contributed by atoms with Crippen LogP contribution < -0.4 is 9.47 Å². The third-order valence-electron chi connectivity index (χ3n) is 7.31. The first-order valence-electron chi connectivity index (χ1n) is 14.8. The molecule has 1 amide bonds. The van der Waals surface area contributed by atoms with Crippen molar-refractivity contribution in [3.05, 3.63) is 52.1 Å². The van der Waals surface area contributed by atoms with Crippen molar-refractivity contribution in [2.75, 3.05) is 32.3 Å². The van der Waals surface area contributed by atoms with Gasteiger partial charge in [0.15, 0.2) is 11.8 Å². The van der Waals surface area contributed by atoms with E-state index in [1.165, 1.54) is 24.7 Å². The van der Waals surface area contributed by atoms with Crippen LogP contribution in [-0.4, -0.2) is 94.6 Å². The fourth-order valence-electron chi connectivity index (χ4n) is 4.92. The second kappa shape index (κ2) is 14.2. The molecule has 2 aliphatic heterocycles. The van der Waals surface area contributed by atoms with E-state index in [1.807, 2.05) is 0 Å². The number of rotatable bonds is 12. The van der Waals surface area contributed by atoms with Crippen molar-refractivity contribution in [3.63, 3.8) is 0 Å². The summed E-state index contributed by atoms with van der Waals surface area (Å²) in [4.78, 5) is 20.9. The van der Waals surface area contributed by atoms with Gasteiger partial charge in [-0.25, -0.2) is 13.0 Å². The number of hydrogen-bond donors (Lipinski definition) is 1. The number of aromatic nitrogens is 3. The van der Waals surface area contributed by atoms with Crippen LogP contribution in [0.1, 0.15) is 11.1 Å². The number of amides is 1. The summed E-state index contributed by atoms with van der Waals surface area (Å²) in [5.41, 5.74) is 0.342. The molecule has 0 saturated carbocycles. The SMILES string of the molecule is C[Si](C)(C)CCOCn1c(O[C@@H]2CO[C@H]3[C@@H]2OC[C@H]3O)nc2cc(Cl)c(OCc3c(F)cc(/C=C/C(=O)N=S(C)(C)=O)cc3F)nc21. The lowest BCUT2D eigenvalue weighted by Gasteiger charge is -2.19. The Morgan fingerprint density at radius 3 is 2.55 bits per heavy atom. The number of carbonyl (C=O) groups excluding carboxylic acids is 1. The molecule has 47 heavy (non-hydrogen) atoms. The highest BCUT2D eigenvalue weighted by molar-refractivity contribution is 7.92. The first-order chi connectivity index (χ1) is 22.1. The molecule has 0 bridgehead atoms. The van der Waals surface area contributed by atoms with E-state index in [4.69, 9.17) is 35.3 Å². The van der Waals surface area contributed by atoms with E-state index in [9.17, 15) is 22.9 Å². The molecule has 2 aliphatic rings. The quantitative estimate of drug-likeness (QED) is 0.163. The number of benzene rings is 1. The molecule has 2 aromatic heterocycles. The van der Waals surface area contributed by atoms with Gasteiger partial charge in [0.05, 0.1) is 18.8 Å². The molecule has 4 atom stereocenters. The molecule has 0 aliphatic carbocycles. The predicted molar refractivity (Wildman–Crippen MR) is 174 cm³/mol. The van der Waals surface area contributed by atoms with E-state index >= 15 is 0 Å². The van der Waals surface area contributed by atoms with Gasteiger partial charge in [0, 0.05) is 43.0 Å². The molecule has 1 aromatic carbocycles. The first kappa shape index (κ1) is 35.3. The predicted octanol–water partition coefficient (Wildman–Crippen LogP) is 4.43. The van der Waals surface area contributed by atoms with E-state index in [-0.39, 0.29) is 48.0 Å². The molecule has 256 valence electrons. The van der Waals surface area contributed by atoms with Gasteiger partial charge in [0.25, 0.3) is 5.91 Å². The van der Waals surface area contributed by atoms with Gasteiger partial charge < -0.3 is 28.8 Å². The number of fused-ring (bicyclic) bond motifs is 2. The smallest absolute Gasteiger partial charge is 0.301 e. The minimum absolute atomic E-state index is 0.0389. The lowest BCUT2D eigenvalue weighted by molar-refractivity contribution is -0.113. The molecular formula is C30H37ClF2N4O8SSi. The lowest BCUT2D eigenvalue weighted by Crippen LogP contribution is -2.35. The van der Waals surface area contributed by atoms with Gasteiger partial charge in [0.1, 0.15) is 53.8 Å². The average Bonchev–Trinajstić information content (AvgIpc) is 3.63. The van der Waals surface area contributed by atoms with Crippen LogP contribution in [0.3, 0.4) is 0 Å².